The van der Waals surface area contributed by atoms with Crippen LogP contribution in [0.1, 0.15) is 48.4 Å². The van der Waals surface area contributed by atoms with Gasteiger partial charge in [-0.15, -0.1) is 11.8 Å². The van der Waals surface area contributed by atoms with Crippen LogP contribution >= 0.6 is 11.8 Å². The van der Waals surface area contributed by atoms with Gasteiger partial charge in [-0.25, -0.2) is 0 Å². The molecule has 120 valence electrons. The van der Waals surface area contributed by atoms with Gasteiger partial charge in [0.15, 0.2) is 5.54 Å². The minimum Gasteiger partial charge on any atom is -0.321 e. The normalized spacial score (nSPS) is 34.5. The van der Waals surface area contributed by atoms with Crippen molar-refractivity contribution in [1.82, 2.24) is 9.80 Å². The summed E-state index contributed by atoms with van der Waals surface area (Å²) >= 11 is 1.67. The molecule has 0 aromatic heterocycles. The van der Waals surface area contributed by atoms with E-state index in [-0.39, 0.29) is 33.9 Å². The van der Waals surface area contributed by atoms with E-state index in [2.05, 4.69) is 13.8 Å². The second-order valence-corrected chi connectivity index (χ2v) is 8.84. The predicted octanol–water partition coefficient (Wildman–Crippen LogP) is 2.12. The molecule has 3 aliphatic heterocycles. The van der Waals surface area contributed by atoms with Crippen molar-refractivity contribution in [2.75, 3.05) is 0 Å². The first-order valence-corrected chi connectivity index (χ1v) is 8.57. The van der Waals surface area contributed by atoms with Gasteiger partial charge in [0.05, 0.1) is 11.1 Å². The summed E-state index contributed by atoms with van der Waals surface area (Å²) in [7, 11) is 0. The Morgan fingerprint density at radius 1 is 1.00 bits per heavy atom. The first-order valence-electron chi connectivity index (χ1n) is 7.70. The molecule has 0 aliphatic carbocycles. The summed E-state index contributed by atoms with van der Waals surface area (Å²) in [4.78, 5) is 41.4. The van der Waals surface area contributed by atoms with Crippen LogP contribution in [0.5, 0.6) is 0 Å². The van der Waals surface area contributed by atoms with Crippen LogP contribution in [0.15, 0.2) is 24.3 Å². The van der Waals surface area contributed by atoms with Gasteiger partial charge in [0.2, 0.25) is 0 Å². The lowest BCUT2D eigenvalue weighted by atomic mass is 9.85. The number of thioether (sulfide) groups is 1. The van der Waals surface area contributed by atoms with Crippen molar-refractivity contribution in [3.63, 3.8) is 0 Å². The molecule has 0 bridgehead atoms. The molecule has 2 fully saturated rings. The standard InChI is InChI=1S/C17H18N2O3S/c1-9-16(2,3)23-15-17(4,14(22)18(9)15)19-12(20)10-7-5-6-8-11(10)13(19)21/h5-9,15H,1-4H3/t9-,15-,17-/m0/s1. The molecule has 0 N–H and O–H groups in total. The Morgan fingerprint density at radius 2 is 1.52 bits per heavy atom. The fourth-order valence-electron chi connectivity index (χ4n) is 3.77. The molecule has 3 aliphatic rings. The van der Waals surface area contributed by atoms with Crippen LogP contribution in [0.4, 0.5) is 0 Å². The summed E-state index contributed by atoms with van der Waals surface area (Å²) in [5.41, 5.74) is -0.319. The number of imide groups is 1. The zero-order valence-corrected chi connectivity index (χ0v) is 14.3. The van der Waals surface area contributed by atoms with Crippen molar-refractivity contribution in [1.29, 1.82) is 0 Å². The number of carbonyl (C=O) groups excluding carboxylic acids is 3. The monoisotopic (exact) mass is 330 g/mol. The zero-order valence-electron chi connectivity index (χ0n) is 13.5. The number of fused-ring (bicyclic) bond motifs is 2. The maximum Gasteiger partial charge on any atom is 0.262 e. The quantitative estimate of drug-likeness (QED) is 0.585. The first-order chi connectivity index (χ1) is 10.7. The highest BCUT2D eigenvalue weighted by atomic mass is 32.2. The van der Waals surface area contributed by atoms with Crippen molar-refractivity contribution >= 4 is 29.5 Å². The van der Waals surface area contributed by atoms with Crippen LogP contribution in [0, 0.1) is 0 Å². The third-order valence-corrected chi connectivity index (χ3v) is 7.36. The predicted molar refractivity (Wildman–Crippen MR) is 87.1 cm³/mol. The molecular weight excluding hydrogens is 312 g/mol. The molecule has 5 nitrogen and oxygen atoms in total. The topological polar surface area (TPSA) is 57.7 Å². The van der Waals surface area contributed by atoms with Crippen molar-refractivity contribution in [3.05, 3.63) is 35.4 Å². The summed E-state index contributed by atoms with van der Waals surface area (Å²) < 4.78 is -0.100. The third kappa shape index (κ3) is 1.52. The molecule has 0 unspecified atom stereocenters. The molecule has 3 atom stereocenters. The van der Waals surface area contributed by atoms with E-state index in [1.807, 2.05) is 11.8 Å². The van der Waals surface area contributed by atoms with Crippen LogP contribution in [0.3, 0.4) is 0 Å². The van der Waals surface area contributed by atoms with Gasteiger partial charge in [0, 0.05) is 10.8 Å². The van der Waals surface area contributed by atoms with Gasteiger partial charge < -0.3 is 4.90 Å². The van der Waals surface area contributed by atoms with E-state index in [0.717, 1.165) is 0 Å². The van der Waals surface area contributed by atoms with E-state index >= 15 is 0 Å². The highest BCUT2D eigenvalue weighted by molar-refractivity contribution is 8.01. The average molecular weight is 330 g/mol. The van der Waals surface area contributed by atoms with Crippen molar-refractivity contribution < 1.29 is 14.4 Å². The first kappa shape index (κ1) is 14.8. The largest absolute Gasteiger partial charge is 0.321 e. The highest BCUT2D eigenvalue weighted by Gasteiger charge is 2.71. The lowest BCUT2D eigenvalue weighted by molar-refractivity contribution is -0.163. The van der Waals surface area contributed by atoms with E-state index in [0.29, 0.717) is 11.1 Å². The highest BCUT2D eigenvalue weighted by Crippen LogP contribution is 2.57. The van der Waals surface area contributed by atoms with Gasteiger partial charge in [-0.2, -0.15) is 0 Å². The molecule has 3 heterocycles. The molecule has 2 saturated heterocycles. The molecule has 0 spiro atoms. The molecule has 23 heavy (non-hydrogen) atoms. The minimum absolute atomic E-state index is 0.0771. The van der Waals surface area contributed by atoms with Crippen molar-refractivity contribution in [2.45, 2.75) is 49.4 Å². The van der Waals surface area contributed by atoms with Gasteiger partial charge in [-0.3, -0.25) is 19.3 Å². The lowest BCUT2D eigenvalue weighted by Crippen LogP contribution is -2.78. The molecule has 0 saturated carbocycles. The summed E-state index contributed by atoms with van der Waals surface area (Å²) in [6.45, 7) is 7.93. The Labute approximate surface area is 139 Å². The SMILES string of the molecule is C[C@@H]1N2C(=O)[C@](C)(N3C(=O)c4ccccc4C3=O)[C@@H]2SC1(C)C. The number of rotatable bonds is 1. The lowest BCUT2D eigenvalue weighted by Gasteiger charge is -2.54. The number of β-lactam (4-membered cyclic amide) rings is 1. The number of carbonyl (C=O) groups is 3. The summed E-state index contributed by atoms with van der Waals surface area (Å²) in [6, 6.07) is 6.84. The molecule has 1 aromatic rings. The molecular formula is C17H18N2O3S. The van der Waals surface area contributed by atoms with Crippen molar-refractivity contribution in [3.8, 4) is 0 Å². The summed E-state index contributed by atoms with van der Waals surface area (Å²) in [5.74, 6) is -0.860. The van der Waals surface area contributed by atoms with Gasteiger partial charge in [0.25, 0.3) is 17.7 Å². The summed E-state index contributed by atoms with van der Waals surface area (Å²) in [5, 5.41) is -0.179. The summed E-state index contributed by atoms with van der Waals surface area (Å²) in [6.07, 6.45) is 0. The van der Waals surface area contributed by atoms with E-state index in [4.69, 9.17) is 0 Å². The van der Waals surface area contributed by atoms with Gasteiger partial charge >= 0.3 is 0 Å². The Kier molecular flexibility index (Phi) is 2.68. The van der Waals surface area contributed by atoms with Gasteiger partial charge in [-0.05, 0) is 39.8 Å². The fourth-order valence-corrected chi connectivity index (χ4v) is 5.48. The fraction of sp³-hybridized carbons (Fsp3) is 0.471. The van der Waals surface area contributed by atoms with Crippen LogP contribution in [-0.4, -0.2) is 49.2 Å². The van der Waals surface area contributed by atoms with Gasteiger partial charge in [0.1, 0.15) is 5.37 Å². The molecule has 3 amide bonds. The second kappa shape index (κ2) is 4.17. The second-order valence-electron chi connectivity index (χ2n) is 7.10. The van der Waals surface area contributed by atoms with E-state index < -0.39 is 5.54 Å². The molecule has 6 heteroatoms. The van der Waals surface area contributed by atoms with Crippen LogP contribution in [-0.2, 0) is 4.79 Å². The molecule has 0 radical (unpaired) electrons. The Balaban J connectivity index is 1.77. The maximum atomic E-state index is 12.9. The smallest absolute Gasteiger partial charge is 0.262 e. The number of benzene rings is 1. The van der Waals surface area contributed by atoms with Crippen LogP contribution in [0.25, 0.3) is 0 Å². The molecule has 4 rings (SSSR count). The average Bonchev–Trinajstić information content (AvgIpc) is 2.90. The third-order valence-electron chi connectivity index (χ3n) is 5.50. The zero-order chi connectivity index (χ0) is 16.7. The van der Waals surface area contributed by atoms with Crippen molar-refractivity contribution in [2.24, 2.45) is 0 Å². The van der Waals surface area contributed by atoms with Gasteiger partial charge in [-0.1, -0.05) is 12.1 Å². The Hall–Kier alpha value is -1.82. The van der Waals surface area contributed by atoms with E-state index in [1.54, 1.807) is 43.0 Å². The van der Waals surface area contributed by atoms with Crippen LogP contribution < -0.4 is 0 Å². The Bertz CT molecular complexity index is 740. The number of hydrogen-bond donors (Lipinski definition) is 0. The maximum absolute atomic E-state index is 12.9. The minimum atomic E-state index is -1.10. The Morgan fingerprint density at radius 3 is 2.04 bits per heavy atom. The number of nitrogens with zero attached hydrogens (tertiary/aromatic N) is 2. The van der Waals surface area contributed by atoms with E-state index in [1.165, 1.54) is 4.90 Å². The number of hydrogen-bond acceptors (Lipinski definition) is 4. The van der Waals surface area contributed by atoms with E-state index in [9.17, 15) is 14.4 Å². The van der Waals surface area contributed by atoms with Crippen LogP contribution in [0.2, 0.25) is 0 Å². The number of amides is 3. The molecule has 1 aromatic carbocycles.